The Kier molecular flexibility index (Phi) is 5.87. The van der Waals surface area contributed by atoms with Crippen LogP contribution in [0.2, 0.25) is 0 Å². The molecule has 1 nitrogen and oxygen atoms in total. The van der Waals surface area contributed by atoms with Crippen molar-refractivity contribution in [3.05, 3.63) is 34.4 Å². The summed E-state index contributed by atoms with van der Waals surface area (Å²) in [5.74, 6) is 0. The fourth-order valence-electron chi connectivity index (χ4n) is 2.98. The zero-order chi connectivity index (χ0) is 13.7. The van der Waals surface area contributed by atoms with Crippen molar-refractivity contribution in [2.24, 2.45) is 0 Å². The molecule has 1 aromatic rings. The molecule has 0 saturated heterocycles. The fourth-order valence-corrected chi connectivity index (χ4v) is 2.98. The number of benzene rings is 1. The van der Waals surface area contributed by atoms with Gasteiger partial charge in [-0.15, -0.1) is 0 Å². The molecular weight excluding hydrogens is 218 g/mol. The Morgan fingerprint density at radius 2 is 1.61 bits per heavy atom. The summed E-state index contributed by atoms with van der Waals surface area (Å²) in [6.45, 7) is 13.5. The summed E-state index contributed by atoms with van der Waals surface area (Å²) in [6, 6.07) is 5.62. The summed E-state index contributed by atoms with van der Waals surface area (Å²) < 4.78 is 0. The second kappa shape index (κ2) is 6.94. The molecular formula is C17H29N. The molecule has 1 heteroatoms. The molecule has 0 fully saturated rings. The van der Waals surface area contributed by atoms with E-state index >= 15 is 0 Å². The van der Waals surface area contributed by atoms with Crippen LogP contribution in [0.3, 0.4) is 0 Å². The smallest absolute Gasteiger partial charge is 0.0299 e. The molecule has 1 aromatic carbocycles. The minimum absolute atomic E-state index is 0.442. The largest absolute Gasteiger partial charge is 0.308 e. The standard InChI is InChI=1S/C17H29N/c1-7-8-9-15(5)18-16(6)17-13(3)10-12(2)11-14(17)4/h10-11,15-16,18H,7-9H2,1-6H3. The number of nitrogens with one attached hydrogen (secondary N) is 1. The lowest BCUT2D eigenvalue weighted by molar-refractivity contribution is 0.442. The van der Waals surface area contributed by atoms with Gasteiger partial charge in [0.1, 0.15) is 0 Å². The molecule has 0 bridgehead atoms. The maximum atomic E-state index is 3.73. The van der Waals surface area contributed by atoms with Crippen LogP contribution in [-0.4, -0.2) is 6.04 Å². The van der Waals surface area contributed by atoms with Gasteiger partial charge in [-0.05, 0) is 57.7 Å². The predicted molar refractivity (Wildman–Crippen MR) is 81.2 cm³/mol. The van der Waals surface area contributed by atoms with Crippen molar-refractivity contribution in [3.63, 3.8) is 0 Å². The molecule has 0 heterocycles. The van der Waals surface area contributed by atoms with Crippen molar-refractivity contribution in [1.82, 2.24) is 5.32 Å². The van der Waals surface area contributed by atoms with Gasteiger partial charge in [-0.3, -0.25) is 0 Å². The SMILES string of the molecule is CCCCC(C)NC(C)c1c(C)cc(C)cc1C. The van der Waals surface area contributed by atoms with E-state index < -0.39 is 0 Å². The molecule has 0 spiro atoms. The lowest BCUT2D eigenvalue weighted by atomic mass is 9.94. The summed E-state index contributed by atoms with van der Waals surface area (Å²) in [6.07, 6.45) is 3.86. The molecule has 2 unspecified atom stereocenters. The van der Waals surface area contributed by atoms with E-state index in [1.165, 1.54) is 41.5 Å². The molecule has 0 amide bonds. The van der Waals surface area contributed by atoms with Crippen molar-refractivity contribution in [1.29, 1.82) is 0 Å². The van der Waals surface area contributed by atoms with Crippen molar-refractivity contribution >= 4 is 0 Å². The van der Waals surface area contributed by atoms with Crippen LogP contribution in [-0.2, 0) is 0 Å². The van der Waals surface area contributed by atoms with Crippen LogP contribution in [0.25, 0.3) is 0 Å². The van der Waals surface area contributed by atoms with E-state index in [1.54, 1.807) is 0 Å². The van der Waals surface area contributed by atoms with Gasteiger partial charge in [0.2, 0.25) is 0 Å². The van der Waals surface area contributed by atoms with E-state index in [4.69, 9.17) is 0 Å². The predicted octanol–water partition coefficient (Wildman–Crippen LogP) is 4.84. The van der Waals surface area contributed by atoms with E-state index in [0.29, 0.717) is 12.1 Å². The monoisotopic (exact) mass is 247 g/mol. The van der Waals surface area contributed by atoms with E-state index in [1.807, 2.05) is 0 Å². The van der Waals surface area contributed by atoms with E-state index in [9.17, 15) is 0 Å². The van der Waals surface area contributed by atoms with Crippen LogP contribution >= 0.6 is 0 Å². The highest BCUT2D eigenvalue weighted by Gasteiger charge is 2.13. The summed E-state index contributed by atoms with van der Waals surface area (Å²) in [5.41, 5.74) is 5.66. The fraction of sp³-hybridized carbons (Fsp3) is 0.647. The normalized spacial score (nSPS) is 14.6. The molecule has 0 radical (unpaired) electrons. The first-order valence-electron chi connectivity index (χ1n) is 7.29. The first kappa shape index (κ1) is 15.2. The Morgan fingerprint density at radius 3 is 2.11 bits per heavy atom. The van der Waals surface area contributed by atoms with Gasteiger partial charge in [-0.25, -0.2) is 0 Å². The summed E-state index contributed by atoms with van der Waals surface area (Å²) in [4.78, 5) is 0. The van der Waals surface area contributed by atoms with Gasteiger partial charge in [0.05, 0.1) is 0 Å². The molecule has 102 valence electrons. The van der Waals surface area contributed by atoms with Crippen molar-refractivity contribution in [2.75, 3.05) is 0 Å². The Labute approximate surface area is 113 Å². The molecule has 0 aromatic heterocycles. The lowest BCUT2D eigenvalue weighted by Crippen LogP contribution is -2.29. The summed E-state index contributed by atoms with van der Waals surface area (Å²) >= 11 is 0. The average Bonchev–Trinajstić information content (AvgIpc) is 2.24. The maximum Gasteiger partial charge on any atom is 0.0299 e. The number of unbranched alkanes of at least 4 members (excludes halogenated alkanes) is 1. The van der Waals surface area contributed by atoms with Crippen LogP contribution in [0.5, 0.6) is 0 Å². The zero-order valence-electron chi connectivity index (χ0n) is 12.9. The Balaban J connectivity index is 2.75. The van der Waals surface area contributed by atoms with E-state index in [-0.39, 0.29) is 0 Å². The Hall–Kier alpha value is -0.820. The topological polar surface area (TPSA) is 12.0 Å². The maximum absolute atomic E-state index is 3.73. The Bertz CT molecular complexity index is 358. The second-order valence-electron chi connectivity index (χ2n) is 5.74. The molecule has 0 aliphatic heterocycles. The van der Waals surface area contributed by atoms with Gasteiger partial charge in [-0.1, -0.05) is 37.5 Å². The molecule has 0 aliphatic rings. The van der Waals surface area contributed by atoms with Crippen LogP contribution in [0.15, 0.2) is 12.1 Å². The van der Waals surface area contributed by atoms with Crippen LogP contribution in [0, 0.1) is 20.8 Å². The van der Waals surface area contributed by atoms with Crippen LogP contribution in [0.1, 0.15) is 68.3 Å². The second-order valence-corrected chi connectivity index (χ2v) is 5.74. The summed E-state index contributed by atoms with van der Waals surface area (Å²) in [7, 11) is 0. The molecule has 0 aliphatic carbocycles. The number of hydrogen-bond donors (Lipinski definition) is 1. The van der Waals surface area contributed by atoms with Gasteiger partial charge < -0.3 is 5.32 Å². The first-order chi connectivity index (χ1) is 8.45. The van der Waals surface area contributed by atoms with Crippen LogP contribution < -0.4 is 5.32 Å². The average molecular weight is 247 g/mol. The molecule has 0 saturated carbocycles. The lowest BCUT2D eigenvalue weighted by Gasteiger charge is -2.24. The minimum atomic E-state index is 0.442. The van der Waals surface area contributed by atoms with Gasteiger partial charge >= 0.3 is 0 Å². The van der Waals surface area contributed by atoms with E-state index in [0.717, 1.165) is 0 Å². The highest BCUT2D eigenvalue weighted by molar-refractivity contribution is 5.39. The van der Waals surface area contributed by atoms with Gasteiger partial charge in [0.25, 0.3) is 0 Å². The first-order valence-corrected chi connectivity index (χ1v) is 7.29. The minimum Gasteiger partial charge on any atom is -0.308 e. The van der Waals surface area contributed by atoms with Gasteiger partial charge in [-0.2, -0.15) is 0 Å². The summed E-state index contributed by atoms with van der Waals surface area (Å²) in [5, 5.41) is 3.73. The van der Waals surface area contributed by atoms with Gasteiger partial charge in [0.15, 0.2) is 0 Å². The van der Waals surface area contributed by atoms with E-state index in [2.05, 4.69) is 59.0 Å². The quantitative estimate of drug-likeness (QED) is 0.758. The zero-order valence-corrected chi connectivity index (χ0v) is 12.9. The molecule has 2 atom stereocenters. The van der Waals surface area contributed by atoms with Crippen molar-refractivity contribution < 1.29 is 0 Å². The molecule has 18 heavy (non-hydrogen) atoms. The highest BCUT2D eigenvalue weighted by atomic mass is 14.9. The van der Waals surface area contributed by atoms with Crippen molar-refractivity contribution in [3.8, 4) is 0 Å². The van der Waals surface area contributed by atoms with Crippen molar-refractivity contribution in [2.45, 2.75) is 72.9 Å². The third-order valence-corrected chi connectivity index (χ3v) is 3.70. The highest BCUT2D eigenvalue weighted by Crippen LogP contribution is 2.24. The number of rotatable bonds is 6. The molecule has 1 rings (SSSR count). The third kappa shape index (κ3) is 4.13. The van der Waals surface area contributed by atoms with Gasteiger partial charge in [0, 0.05) is 12.1 Å². The molecule has 1 N–H and O–H groups in total. The number of aryl methyl sites for hydroxylation is 3. The third-order valence-electron chi connectivity index (χ3n) is 3.70. The van der Waals surface area contributed by atoms with Crippen LogP contribution in [0.4, 0.5) is 0 Å². The number of hydrogen-bond acceptors (Lipinski definition) is 1. The Morgan fingerprint density at radius 1 is 1.06 bits per heavy atom.